The van der Waals surface area contributed by atoms with E-state index in [1.807, 2.05) is 0 Å². The van der Waals surface area contributed by atoms with Crippen LogP contribution in [0.2, 0.25) is 0 Å². The number of hydrogen-bond donors (Lipinski definition) is 5. The quantitative estimate of drug-likeness (QED) is 0.106. The maximum Gasteiger partial charge on any atom is 0.332 e. The molecule has 0 aromatic rings. The summed E-state index contributed by atoms with van der Waals surface area (Å²) in [6.07, 6.45) is 2.77. The van der Waals surface area contributed by atoms with Crippen LogP contribution in [0.1, 0.15) is 33.1 Å². The van der Waals surface area contributed by atoms with Crippen LogP contribution < -0.4 is 11.1 Å². The number of ketones is 1. The highest BCUT2D eigenvalue weighted by Crippen LogP contribution is 2.39. The fraction of sp³-hybridized carbons (Fsp3) is 0.478. The molecule has 5 N–H and O–H groups in total. The molecule has 3 rings (SSSR count). The summed E-state index contributed by atoms with van der Waals surface area (Å²) >= 11 is 4.25. The molecule has 2 aliphatic heterocycles. The number of aliphatic imine (C=N–C) groups is 1. The maximum atomic E-state index is 13.0. The van der Waals surface area contributed by atoms with E-state index in [-0.39, 0.29) is 28.5 Å². The lowest BCUT2D eigenvalue weighted by Gasteiger charge is -2.42. The van der Waals surface area contributed by atoms with Crippen LogP contribution in [-0.2, 0) is 19.2 Å². The molecule has 0 bridgehead atoms. The van der Waals surface area contributed by atoms with E-state index < -0.39 is 41.6 Å². The van der Waals surface area contributed by atoms with Crippen LogP contribution >= 0.6 is 12.6 Å². The first-order chi connectivity index (χ1) is 16.5. The van der Waals surface area contributed by atoms with Crippen molar-refractivity contribution in [3.05, 3.63) is 35.1 Å². The van der Waals surface area contributed by atoms with Crippen molar-refractivity contribution in [3.63, 3.8) is 0 Å². The molecular formula is C23H29N5O6S. The van der Waals surface area contributed by atoms with Crippen LogP contribution in [0.25, 0.3) is 0 Å². The summed E-state index contributed by atoms with van der Waals surface area (Å²) in [6.45, 7) is 7.58. The van der Waals surface area contributed by atoms with E-state index in [0.29, 0.717) is 42.9 Å². The number of thiol groups is 1. The number of hydrogen-bond acceptors (Lipinski definition) is 9. The van der Waals surface area contributed by atoms with Crippen LogP contribution in [0.4, 0.5) is 0 Å². The van der Waals surface area contributed by atoms with Gasteiger partial charge in [0.25, 0.3) is 11.8 Å². The van der Waals surface area contributed by atoms with E-state index in [1.54, 1.807) is 13.8 Å². The molecule has 35 heavy (non-hydrogen) atoms. The minimum Gasteiger partial charge on any atom is -0.478 e. The lowest BCUT2D eigenvalue weighted by Crippen LogP contribution is -2.62. The Morgan fingerprint density at radius 1 is 1.37 bits per heavy atom. The van der Waals surface area contributed by atoms with Gasteiger partial charge in [-0.15, -0.1) is 0 Å². The van der Waals surface area contributed by atoms with Gasteiger partial charge in [0.05, 0.1) is 23.4 Å². The Hall–Kier alpha value is -3.41. The summed E-state index contributed by atoms with van der Waals surface area (Å²) in [5.74, 6) is -4.03. The fourth-order valence-corrected chi connectivity index (χ4v) is 4.95. The SMILES string of the molecule is C=C(C)N1CC/C(=C\C(CS)=C(/C(=O)O)C2C(=O)C(NC(=O)/C(=N\O)C3CCC(N)=N3)C2C)C1=O. The number of nitrogens with one attached hydrogen (secondary N) is 1. The zero-order valence-electron chi connectivity index (χ0n) is 19.5. The molecule has 0 aromatic heterocycles. The molecule has 4 atom stereocenters. The number of nitrogens with two attached hydrogens (primary N) is 1. The predicted octanol–water partition coefficient (Wildman–Crippen LogP) is 0.659. The minimum absolute atomic E-state index is 0.00142. The number of likely N-dealkylation sites (tertiary alicyclic amines) is 1. The van der Waals surface area contributed by atoms with Crippen LogP contribution in [0.15, 0.2) is 45.2 Å². The van der Waals surface area contributed by atoms with Crippen molar-refractivity contribution in [1.82, 2.24) is 10.2 Å². The summed E-state index contributed by atoms with van der Waals surface area (Å²) < 4.78 is 0. The van der Waals surface area contributed by atoms with Gasteiger partial charge in [0.15, 0.2) is 11.5 Å². The zero-order chi connectivity index (χ0) is 26.0. The van der Waals surface area contributed by atoms with Crippen LogP contribution in [-0.4, -0.2) is 74.7 Å². The number of carbonyl (C=O) groups is 4. The van der Waals surface area contributed by atoms with Crippen LogP contribution in [0, 0.1) is 11.8 Å². The van der Waals surface area contributed by atoms with E-state index in [2.05, 4.69) is 34.7 Å². The maximum absolute atomic E-state index is 13.0. The molecule has 0 aromatic carbocycles. The third-order valence-corrected chi connectivity index (χ3v) is 6.94. The summed E-state index contributed by atoms with van der Waals surface area (Å²) in [5, 5.41) is 24.8. The zero-order valence-corrected chi connectivity index (χ0v) is 20.4. The Morgan fingerprint density at radius 3 is 2.51 bits per heavy atom. The topological polar surface area (TPSA) is 175 Å². The number of oxime groups is 1. The van der Waals surface area contributed by atoms with E-state index >= 15 is 0 Å². The molecule has 188 valence electrons. The molecule has 0 spiro atoms. The summed E-state index contributed by atoms with van der Waals surface area (Å²) in [5.41, 5.74) is 6.50. The van der Waals surface area contributed by atoms with Crippen molar-refractivity contribution in [2.45, 2.75) is 45.2 Å². The summed E-state index contributed by atoms with van der Waals surface area (Å²) in [4.78, 5) is 56.0. The highest BCUT2D eigenvalue weighted by Gasteiger charge is 2.52. The number of carboxylic acid groups (broad SMARTS) is 1. The summed E-state index contributed by atoms with van der Waals surface area (Å²) in [7, 11) is 0. The number of allylic oxidation sites excluding steroid dienone is 2. The first-order valence-corrected chi connectivity index (χ1v) is 11.8. The van der Waals surface area contributed by atoms with Gasteiger partial charge in [-0.1, -0.05) is 18.7 Å². The number of amides is 2. The molecule has 2 amide bonds. The number of aliphatic carboxylic acids is 1. The number of Topliss-reactive ketones (excluding diaryl/α,β-unsaturated/α-hetero) is 1. The number of rotatable bonds is 8. The Bertz CT molecular complexity index is 1110. The van der Waals surface area contributed by atoms with Gasteiger partial charge in [-0.25, -0.2) is 4.79 Å². The smallest absolute Gasteiger partial charge is 0.332 e. The first-order valence-electron chi connectivity index (χ1n) is 11.2. The van der Waals surface area contributed by atoms with Gasteiger partial charge in [-0.05, 0) is 37.3 Å². The third-order valence-electron chi connectivity index (χ3n) is 6.59. The van der Waals surface area contributed by atoms with Crippen LogP contribution in [0.3, 0.4) is 0 Å². The minimum atomic E-state index is -1.29. The van der Waals surface area contributed by atoms with Crippen molar-refractivity contribution in [2.24, 2.45) is 27.7 Å². The second kappa shape index (κ2) is 10.5. The second-order valence-electron chi connectivity index (χ2n) is 8.86. The Labute approximate surface area is 207 Å². The van der Waals surface area contributed by atoms with Crippen molar-refractivity contribution in [2.75, 3.05) is 12.3 Å². The molecule has 1 aliphatic carbocycles. The van der Waals surface area contributed by atoms with Gasteiger partial charge in [-0.3, -0.25) is 19.4 Å². The van der Waals surface area contributed by atoms with E-state index in [9.17, 15) is 29.5 Å². The van der Waals surface area contributed by atoms with Gasteiger partial charge >= 0.3 is 5.97 Å². The van der Waals surface area contributed by atoms with Crippen LogP contribution in [0.5, 0.6) is 0 Å². The van der Waals surface area contributed by atoms with E-state index in [0.717, 1.165) is 0 Å². The lowest BCUT2D eigenvalue weighted by molar-refractivity contribution is -0.143. The molecule has 2 heterocycles. The van der Waals surface area contributed by atoms with Crippen molar-refractivity contribution in [1.29, 1.82) is 0 Å². The van der Waals surface area contributed by atoms with Gasteiger partial charge < -0.3 is 26.3 Å². The average molecular weight is 504 g/mol. The fourth-order valence-electron chi connectivity index (χ4n) is 4.68. The summed E-state index contributed by atoms with van der Waals surface area (Å²) in [6, 6.07) is -1.68. The van der Waals surface area contributed by atoms with Gasteiger partial charge in [-0.2, -0.15) is 12.6 Å². The lowest BCUT2D eigenvalue weighted by atomic mass is 9.64. The largest absolute Gasteiger partial charge is 0.478 e. The van der Waals surface area contributed by atoms with E-state index in [1.165, 1.54) is 11.0 Å². The molecule has 4 unspecified atom stereocenters. The molecular weight excluding hydrogens is 474 g/mol. The molecule has 1 saturated carbocycles. The van der Waals surface area contributed by atoms with Gasteiger partial charge in [0.2, 0.25) is 0 Å². The standard InChI is InChI=1S/C23H29N5O6S/c1-10(2)28-7-6-12(22(28)31)8-13(9-35)17(23(32)33)16-11(3)18(20(16)29)26-21(30)19(27-34)14-4-5-15(24)25-14/h8,11,14,16,18,34-35H,1,4-7,9H2,2-3H3,(H2,24,25)(H,26,30)(H,32,33)/b12-8+,17-13+,27-19-. The normalized spacial score (nSPS) is 28.5. The van der Waals surface area contributed by atoms with E-state index in [4.69, 9.17) is 5.73 Å². The number of amidine groups is 1. The molecule has 11 nitrogen and oxygen atoms in total. The third kappa shape index (κ3) is 5.02. The molecule has 3 aliphatic rings. The van der Waals surface area contributed by atoms with Crippen molar-refractivity contribution >= 4 is 47.7 Å². The Morgan fingerprint density at radius 2 is 2.06 bits per heavy atom. The highest BCUT2D eigenvalue weighted by molar-refractivity contribution is 7.80. The molecule has 0 radical (unpaired) electrons. The molecule has 12 heteroatoms. The van der Waals surface area contributed by atoms with Crippen molar-refractivity contribution in [3.8, 4) is 0 Å². The van der Waals surface area contributed by atoms with Gasteiger partial charge in [0.1, 0.15) is 6.04 Å². The number of carboxylic acids is 1. The number of nitrogens with zero attached hydrogens (tertiary/aromatic N) is 3. The average Bonchev–Trinajstić information content (AvgIpc) is 3.39. The predicted molar refractivity (Wildman–Crippen MR) is 131 cm³/mol. The van der Waals surface area contributed by atoms with Gasteiger partial charge in [0, 0.05) is 30.0 Å². The Balaban J connectivity index is 1.82. The number of carbonyl (C=O) groups excluding carboxylic acids is 3. The van der Waals surface area contributed by atoms with Crippen molar-refractivity contribution < 1.29 is 29.5 Å². The molecule has 2 fully saturated rings. The molecule has 1 saturated heterocycles. The monoisotopic (exact) mass is 503 g/mol. The second-order valence-corrected chi connectivity index (χ2v) is 9.18. The highest BCUT2D eigenvalue weighted by atomic mass is 32.1. The Kier molecular flexibility index (Phi) is 7.83. The first kappa shape index (κ1) is 26.2.